The Labute approximate surface area is 173 Å². The summed E-state index contributed by atoms with van der Waals surface area (Å²) in [5.41, 5.74) is 2.73. The van der Waals surface area contributed by atoms with Gasteiger partial charge in [-0.05, 0) is 56.5 Å². The van der Waals surface area contributed by atoms with Gasteiger partial charge < -0.3 is 16.0 Å². The van der Waals surface area contributed by atoms with Gasteiger partial charge in [-0.15, -0.1) is 16.9 Å². The molecule has 3 amide bonds. The van der Waals surface area contributed by atoms with Crippen LogP contribution in [0.5, 0.6) is 0 Å². The lowest BCUT2D eigenvalue weighted by atomic mass is 10.2. The zero-order valence-electron chi connectivity index (χ0n) is 16.6. The van der Waals surface area contributed by atoms with E-state index in [4.69, 9.17) is 0 Å². The summed E-state index contributed by atoms with van der Waals surface area (Å²) in [6.07, 6.45) is 1.99. The summed E-state index contributed by atoms with van der Waals surface area (Å²) >= 11 is 1.62. The summed E-state index contributed by atoms with van der Waals surface area (Å²) in [7, 11) is 0. The first-order valence-electron chi connectivity index (χ1n) is 9.29. The number of carbonyl (C=O) groups is 2. The third-order valence-electron chi connectivity index (χ3n) is 4.13. The lowest BCUT2D eigenvalue weighted by Gasteiger charge is -2.09. The minimum Gasteiger partial charge on any atom is -0.350 e. The predicted molar refractivity (Wildman–Crippen MR) is 115 cm³/mol. The average Bonchev–Trinajstić information content (AvgIpc) is 3.10. The van der Waals surface area contributed by atoms with Gasteiger partial charge in [-0.3, -0.25) is 4.79 Å². The summed E-state index contributed by atoms with van der Waals surface area (Å²) in [5.74, 6) is -0.139. The van der Waals surface area contributed by atoms with Gasteiger partial charge in [-0.1, -0.05) is 11.3 Å². The lowest BCUT2D eigenvalue weighted by Crippen LogP contribution is -2.31. The molecule has 9 heteroatoms. The molecule has 152 valence electrons. The molecule has 3 rings (SSSR count). The number of amides is 3. The number of urea groups is 1. The molecular weight excluding hydrogens is 388 g/mol. The van der Waals surface area contributed by atoms with Gasteiger partial charge in [0.2, 0.25) is 0 Å². The molecule has 0 bridgehead atoms. The van der Waals surface area contributed by atoms with Crippen LogP contribution in [-0.4, -0.2) is 45.8 Å². The first-order chi connectivity index (χ1) is 14.0. The Hall–Kier alpha value is -3.07. The Balaban J connectivity index is 1.56. The fourth-order valence-electron chi connectivity index (χ4n) is 2.78. The molecule has 2 aromatic carbocycles. The molecule has 29 heavy (non-hydrogen) atoms. The number of carbonyl (C=O) groups excluding carboxylic acids is 2. The number of thioether (sulfide) groups is 1. The van der Waals surface area contributed by atoms with Crippen LogP contribution in [0, 0.1) is 0 Å². The molecule has 0 atom stereocenters. The summed E-state index contributed by atoms with van der Waals surface area (Å²) < 4.78 is 1.70. The van der Waals surface area contributed by atoms with Crippen molar-refractivity contribution in [2.24, 2.45) is 0 Å². The molecule has 0 aliphatic heterocycles. The van der Waals surface area contributed by atoms with E-state index in [2.05, 4.69) is 26.3 Å². The molecule has 1 aromatic heterocycles. The van der Waals surface area contributed by atoms with Crippen molar-refractivity contribution in [3.05, 3.63) is 48.0 Å². The van der Waals surface area contributed by atoms with E-state index < -0.39 is 0 Å². The second-order valence-electron chi connectivity index (χ2n) is 6.76. The molecule has 1 heterocycles. The monoisotopic (exact) mass is 412 g/mol. The number of aromatic nitrogens is 3. The van der Waals surface area contributed by atoms with Gasteiger partial charge in [0, 0.05) is 28.7 Å². The largest absolute Gasteiger partial charge is 0.350 e. The SMILES string of the molecule is CSc1cccc(NC(=O)NCCn2nnc3cc(C(=O)NC(C)C)ccc32)c1. The normalized spacial score (nSPS) is 10.9. The maximum atomic E-state index is 12.1. The molecule has 3 aromatic rings. The molecule has 0 fully saturated rings. The van der Waals surface area contributed by atoms with Crippen molar-refractivity contribution in [3.8, 4) is 0 Å². The van der Waals surface area contributed by atoms with Gasteiger partial charge in [0.15, 0.2) is 0 Å². The zero-order chi connectivity index (χ0) is 20.8. The third-order valence-corrected chi connectivity index (χ3v) is 4.86. The van der Waals surface area contributed by atoms with Crippen LogP contribution >= 0.6 is 11.8 Å². The van der Waals surface area contributed by atoms with Gasteiger partial charge in [-0.25, -0.2) is 9.48 Å². The van der Waals surface area contributed by atoms with Gasteiger partial charge in [-0.2, -0.15) is 0 Å². The van der Waals surface area contributed by atoms with Crippen molar-refractivity contribution >= 4 is 40.4 Å². The quantitative estimate of drug-likeness (QED) is 0.518. The van der Waals surface area contributed by atoms with E-state index in [1.165, 1.54) is 0 Å². The number of nitrogens with zero attached hydrogens (tertiary/aromatic N) is 3. The van der Waals surface area contributed by atoms with Crippen molar-refractivity contribution < 1.29 is 9.59 Å². The number of benzene rings is 2. The van der Waals surface area contributed by atoms with E-state index in [0.29, 0.717) is 24.2 Å². The van der Waals surface area contributed by atoms with Crippen molar-refractivity contribution in [1.29, 1.82) is 0 Å². The maximum Gasteiger partial charge on any atom is 0.319 e. The van der Waals surface area contributed by atoms with Crippen molar-refractivity contribution in [2.75, 3.05) is 18.1 Å². The van der Waals surface area contributed by atoms with Crippen LogP contribution in [0.3, 0.4) is 0 Å². The first-order valence-corrected chi connectivity index (χ1v) is 10.5. The molecule has 0 spiro atoms. The summed E-state index contributed by atoms with van der Waals surface area (Å²) in [5, 5.41) is 16.7. The molecule has 0 saturated heterocycles. The van der Waals surface area contributed by atoms with Gasteiger partial charge in [0.05, 0.1) is 12.1 Å². The van der Waals surface area contributed by atoms with E-state index in [1.807, 2.05) is 50.4 Å². The highest BCUT2D eigenvalue weighted by molar-refractivity contribution is 7.98. The summed E-state index contributed by atoms with van der Waals surface area (Å²) in [6.45, 7) is 4.68. The average molecular weight is 413 g/mol. The summed E-state index contributed by atoms with van der Waals surface area (Å²) in [4.78, 5) is 25.3. The van der Waals surface area contributed by atoms with Crippen LogP contribution in [0.25, 0.3) is 11.0 Å². The Bertz CT molecular complexity index is 1020. The standard InChI is InChI=1S/C20H24N6O2S/c1-13(2)22-19(27)14-7-8-18-17(11-14)24-25-26(18)10-9-21-20(28)23-15-5-4-6-16(12-15)29-3/h4-8,11-13H,9-10H2,1-3H3,(H,22,27)(H2,21,23,28). The van der Waals surface area contributed by atoms with Crippen LogP contribution in [0.1, 0.15) is 24.2 Å². The molecule has 8 nitrogen and oxygen atoms in total. The second kappa shape index (κ2) is 9.42. The van der Waals surface area contributed by atoms with Crippen molar-refractivity contribution in [1.82, 2.24) is 25.6 Å². The van der Waals surface area contributed by atoms with E-state index in [9.17, 15) is 9.59 Å². The molecule has 0 aliphatic carbocycles. The fourth-order valence-corrected chi connectivity index (χ4v) is 3.23. The van der Waals surface area contributed by atoms with Crippen LogP contribution in [0.2, 0.25) is 0 Å². The molecule has 0 unspecified atom stereocenters. The Morgan fingerprint density at radius 3 is 2.76 bits per heavy atom. The number of rotatable bonds is 7. The van der Waals surface area contributed by atoms with Gasteiger partial charge in [0.1, 0.15) is 5.52 Å². The molecule has 0 saturated carbocycles. The van der Waals surface area contributed by atoms with Crippen LogP contribution < -0.4 is 16.0 Å². The maximum absolute atomic E-state index is 12.1. The topological polar surface area (TPSA) is 101 Å². The molecule has 0 radical (unpaired) electrons. The highest BCUT2D eigenvalue weighted by atomic mass is 32.2. The van der Waals surface area contributed by atoms with Crippen LogP contribution in [-0.2, 0) is 6.54 Å². The van der Waals surface area contributed by atoms with E-state index in [1.54, 1.807) is 28.6 Å². The lowest BCUT2D eigenvalue weighted by molar-refractivity contribution is 0.0943. The summed E-state index contributed by atoms with van der Waals surface area (Å²) in [6, 6.07) is 12.7. The fraction of sp³-hybridized carbons (Fsp3) is 0.300. The molecular formula is C20H24N6O2S. The minimum atomic E-state index is -0.277. The Kier molecular flexibility index (Phi) is 6.71. The van der Waals surface area contributed by atoms with Gasteiger partial charge >= 0.3 is 6.03 Å². The second-order valence-corrected chi connectivity index (χ2v) is 7.64. The number of hydrogen-bond acceptors (Lipinski definition) is 5. The predicted octanol–water partition coefficient (Wildman–Crippen LogP) is 3.11. The van der Waals surface area contributed by atoms with Crippen LogP contribution in [0.4, 0.5) is 10.5 Å². The number of anilines is 1. The molecule has 0 aliphatic rings. The number of nitrogens with one attached hydrogen (secondary N) is 3. The van der Waals surface area contributed by atoms with E-state index in [0.717, 1.165) is 16.1 Å². The smallest absolute Gasteiger partial charge is 0.319 e. The molecule has 3 N–H and O–H groups in total. The Morgan fingerprint density at radius 1 is 1.17 bits per heavy atom. The van der Waals surface area contributed by atoms with Crippen molar-refractivity contribution in [3.63, 3.8) is 0 Å². The van der Waals surface area contributed by atoms with Crippen LogP contribution in [0.15, 0.2) is 47.4 Å². The zero-order valence-corrected chi connectivity index (χ0v) is 17.4. The van der Waals surface area contributed by atoms with Crippen molar-refractivity contribution in [2.45, 2.75) is 31.3 Å². The highest BCUT2D eigenvalue weighted by Gasteiger charge is 2.11. The third kappa shape index (κ3) is 5.47. The van der Waals surface area contributed by atoms with E-state index >= 15 is 0 Å². The van der Waals surface area contributed by atoms with E-state index in [-0.39, 0.29) is 18.0 Å². The number of hydrogen-bond donors (Lipinski definition) is 3. The minimum absolute atomic E-state index is 0.0642. The number of fused-ring (bicyclic) bond motifs is 1. The first kappa shape index (κ1) is 20.7. The van der Waals surface area contributed by atoms with Gasteiger partial charge in [0.25, 0.3) is 5.91 Å². The highest BCUT2D eigenvalue weighted by Crippen LogP contribution is 2.18. The Morgan fingerprint density at radius 2 is 2.00 bits per heavy atom.